The lowest BCUT2D eigenvalue weighted by Gasteiger charge is -2.30. The van der Waals surface area contributed by atoms with E-state index in [1.165, 1.54) is 12.0 Å². The molecule has 3 nitrogen and oxygen atoms in total. The van der Waals surface area contributed by atoms with Crippen molar-refractivity contribution in [3.63, 3.8) is 0 Å². The molecule has 1 rings (SSSR count). The van der Waals surface area contributed by atoms with Crippen LogP contribution < -0.4 is 10.1 Å². The Hall–Kier alpha value is -1.06. The third-order valence-corrected chi connectivity index (χ3v) is 4.00. The summed E-state index contributed by atoms with van der Waals surface area (Å²) in [6.45, 7) is 11.0. The zero-order chi connectivity index (χ0) is 15.8. The van der Waals surface area contributed by atoms with Crippen molar-refractivity contribution in [3.05, 3.63) is 29.8 Å². The molecular weight excluding hydrogens is 260 g/mol. The minimum Gasteiger partial charge on any atom is -0.497 e. The molecule has 0 radical (unpaired) electrons. The molecule has 120 valence electrons. The molecule has 1 aromatic carbocycles. The van der Waals surface area contributed by atoms with E-state index in [4.69, 9.17) is 4.74 Å². The van der Waals surface area contributed by atoms with Crippen LogP contribution in [0.25, 0.3) is 0 Å². The van der Waals surface area contributed by atoms with Gasteiger partial charge in [0.2, 0.25) is 0 Å². The first-order valence-electron chi connectivity index (χ1n) is 8.05. The highest BCUT2D eigenvalue weighted by Gasteiger charge is 2.17. The summed E-state index contributed by atoms with van der Waals surface area (Å²) in [5, 5.41) is 3.59. The molecule has 2 unspecified atom stereocenters. The Morgan fingerprint density at radius 2 is 1.76 bits per heavy atom. The molecule has 21 heavy (non-hydrogen) atoms. The number of ether oxygens (including phenoxy) is 1. The van der Waals surface area contributed by atoms with Crippen molar-refractivity contribution in [2.24, 2.45) is 5.92 Å². The molecule has 1 N–H and O–H groups in total. The Bertz CT molecular complexity index is 389. The summed E-state index contributed by atoms with van der Waals surface area (Å²) in [4.78, 5) is 2.46. The predicted octanol–water partition coefficient (Wildman–Crippen LogP) is 3.71. The van der Waals surface area contributed by atoms with Gasteiger partial charge in [-0.15, -0.1) is 0 Å². The molecule has 0 heterocycles. The van der Waals surface area contributed by atoms with E-state index in [-0.39, 0.29) is 0 Å². The van der Waals surface area contributed by atoms with Crippen LogP contribution in [0.2, 0.25) is 0 Å². The summed E-state index contributed by atoms with van der Waals surface area (Å²) < 4.78 is 5.24. The highest BCUT2D eigenvalue weighted by atomic mass is 16.5. The van der Waals surface area contributed by atoms with E-state index in [1.807, 2.05) is 12.1 Å². The van der Waals surface area contributed by atoms with Crippen molar-refractivity contribution < 1.29 is 4.74 Å². The molecule has 0 saturated carbocycles. The minimum absolute atomic E-state index is 0.362. The van der Waals surface area contributed by atoms with Gasteiger partial charge in [0.1, 0.15) is 5.75 Å². The van der Waals surface area contributed by atoms with Crippen LogP contribution in [0, 0.1) is 5.92 Å². The molecule has 0 fully saturated rings. The first-order valence-corrected chi connectivity index (χ1v) is 8.05. The summed E-state index contributed by atoms with van der Waals surface area (Å²) >= 11 is 0. The number of nitrogens with one attached hydrogen (secondary N) is 1. The number of rotatable bonds is 9. The Labute approximate surface area is 130 Å². The van der Waals surface area contributed by atoms with Gasteiger partial charge in [0, 0.05) is 18.6 Å². The van der Waals surface area contributed by atoms with Gasteiger partial charge in [-0.1, -0.05) is 32.9 Å². The van der Waals surface area contributed by atoms with Crippen molar-refractivity contribution >= 4 is 0 Å². The van der Waals surface area contributed by atoms with Crippen LogP contribution in [0.3, 0.4) is 0 Å². The van der Waals surface area contributed by atoms with Crippen LogP contribution in [-0.2, 0) is 0 Å². The number of hydrogen-bond donors (Lipinski definition) is 1. The maximum absolute atomic E-state index is 5.24. The molecule has 0 aliphatic rings. The van der Waals surface area contributed by atoms with Gasteiger partial charge in [0.15, 0.2) is 0 Å². The van der Waals surface area contributed by atoms with Gasteiger partial charge in [-0.25, -0.2) is 0 Å². The van der Waals surface area contributed by atoms with Crippen LogP contribution in [0.5, 0.6) is 5.75 Å². The monoisotopic (exact) mass is 292 g/mol. The molecule has 2 atom stereocenters. The molecule has 0 aromatic heterocycles. The molecular formula is C18H32N2O. The predicted molar refractivity (Wildman–Crippen MR) is 91.0 cm³/mol. The van der Waals surface area contributed by atoms with E-state index in [1.54, 1.807) is 7.11 Å². The smallest absolute Gasteiger partial charge is 0.118 e. The summed E-state index contributed by atoms with van der Waals surface area (Å²) in [5.74, 6) is 1.65. The van der Waals surface area contributed by atoms with E-state index in [2.05, 4.69) is 57.1 Å². The van der Waals surface area contributed by atoms with E-state index >= 15 is 0 Å². The fourth-order valence-corrected chi connectivity index (χ4v) is 2.70. The van der Waals surface area contributed by atoms with Gasteiger partial charge in [-0.2, -0.15) is 0 Å². The van der Waals surface area contributed by atoms with Gasteiger partial charge in [-0.05, 0) is 50.6 Å². The van der Waals surface area contributed by atoms with Crippen molar-refractivity contribution in [1.29, 1.82) is 0 Å². The molecule has 0 saturated heterocycles. The fraction of sp³-hybridized carbons (Fsp3) is 0.667. The quantitative estimate of drug-likeness (QED) is 0.751. The van der Waals surface area contributed by atoms with Crippen LogP contribution in [0.4, 0.5) is 0 Å². The maximum Gasteiger partial charge on any atom is 0.118 e. The minimum atomic E-state index is 0.362. The Balaban J connectivity index is 2.71. The lowest BCUT2D eigenvalue weighted by atomic mass is 10.0. The van der Waals surface area contributed by atoms with Crippen LogP contribution in [-0.4, -0.2) is 38.2 Å². The standard InChI is InChI=1S/C18H32N2O/c1-7-19-18(13-20(5)15(4)12-14(2)3)16-8-10-17(21-6)11-9-16/h8-11,14-15,18-19H,7,12-13H2,1-6H3. The molecule has 0 spiro atoms. The SMILES string of the molecule is CCNC(CN(C)C(C)CC(C)C)c1ccc(OC)cc1. The van der Waals surface area contributed by atoms with Gasteiger partial charge in [-0.3, -0.25) is 0 Å². The number of likely N-dealkylation sites (N-methyl/N-ethyl adjacent to an activating group) is 2. The van der Waals surface area contributed by atoms with Gasteiger partial charge in [0.25, 0.3) is 0 Å². The van der Waals surface area contributed by atoms with Crippen molar-refractivity contribution in [3.8, 4) is 5.75 Å². The maximum atomic E-state index is 5.24. The third kappa shape index (κ3) is 6.06. The van der Waals surface area contributed by atoms with Crippen molar-refractivity contribution in [2.45, 2.75) is 46.2 Å². The Morgan fingerprint density at radius 3 is 2.24 bits per heavy atom. The number of methoxy groups -OCH3 is 1. The largest absolute Gasteiger partial charge is 0.497 e. The van der Waals surface area contributed by atoms with Gasteiger partial charge in [0.05, 0.1) is 7.11 Å². The number of benzene rings is 1. The first kappa shape index (κ1) is 18.0. The van der Waals surface area contributed by atoms with E-state index < -0.39 is 0 Å². The molecule has 0 bridgehead atoms. The second-order valence-electron chi connectivity index (χ2n) is 6.30. The zero-order valence-corrected chi connectivity index (χ0v) is 14.5. The van der Waals surface area contributed by atoms with E-state index in [9.17, 15) is 0 Å². The highest BCUT2D eigenvalue weighted by molar-refractivity contribution is 5.29. The second-order valence-corrected chi connectivity index (χ2v) is 6.30. The lowest BCUT2D eigenvalue weighted by molar-refractivity contribution is 0.206. The molecule has 1 aromatic rings. The molecule has 3 heteroatoms. The van der Waals surface area contributed by atoms with Crippen molar-refractivity contribution in [2.75, 3.05) is 27.2 Å². The summed E-state index contributed by atoms with van der Waals surface area (Å²) in [7, 11) is 3.93. The Kier molecular flexibility index (Phi) is 7.76. The van der Waals surface area contributed by atoms with Gasteiger partial charge >= 0.3 is 0 Å². The fourth-order valence-electron chi connectivity index (χ4n) is 2.70. The van der Waals surface area contributed by atoms with E-state index in [0.29, 0.717) is 12.1 Å². The average Bonchev–Trinajstić information content (AvgIpc) is 2.46. The van der Waals surface area contributed by atoms with Crippen LogP contribution in [0.15, 0.2) is 24.3 Å². The zero-order valence-electron chi connectivity index (χ0n) is 14.5. The molecule has 0 amide bonds. The topological polar surface area (TPSA) is 24.5 Å². The van der Waals surface area contributed by atoms with Crippen LogP contribution >= 0.6 is 0 Å². The average molecular weight is 292 g/mol. The second kappa shape index (κ2) is 9.06. The normalized spacial score (nSPS) is 14.5. The van der Waals surface area contributed by atoms with Crippen LogP contribution in [0.1, 0.15) is 45.7 Å². The third-order valence-electron chi connectivity index (χ3n) is 4.00. The van der Waals surface area contributed by atoms with Crippen molar-refractivity contribution in [1.82, 2.24) is 10.2 Å². The summed E-state index contributed by atoms with van der Waals surface area (Å²) in [6, 6.07) is 9.36. The lowest BCUT2D eigenvalue weighted by Crippen LogP contribution is -2.38. The number of nitrogens with zero attached hydrogens (tertiary/aromatic N) is 1. The number of hydrogen-bond acceptors (Lipinski definition) is 3. The highest BCUT2D eigenvalue weighted by Crippen LogP contribution is 2.20. The summed E-state index contributed by atoms with van der Waals surface area (Å²) in [6.07, 6.45) is 1.23. The molecule has 0 aliphatic heterocycles. The van der Waals surface area contributed by atoms with Gasteiger partial charge < -0.3 is 15.0 Å². The van der Waals surface area contributed by atoms with E-state index in [0.717, 1.165) is 24.8 Å². The summed E-state index contributed by atoms with van der Waals surface area (Å²) in [5.41, 5.74) is 1.32. The molecule has 0 aliphatic carbocycles. The Morgan fingerprint density at radius 1 is 1.14 bits per heavy atom. The first-order chi connectivity index (χ1) is 9.97.